The second kappa shape index (κ2) is 9.79. The first-order chi connectivity index (χ1) is 19.9. The van der Waals surface area contributed by atoms with E-state index in [2.05, 4.69) is 56.1 Å². The van der Waals surface area contributed by atoms with Crippen LogP contribution in [0, 0.1) is 24.2 Å². The first kappa shape index (κ1) is 28.1. The molecule has 0 bridgehead atoms. The van der Waals surface area contributed by atoms with Gasteiger partial charge >= 0.3 is 0 Å². The molecule has 5 nitrogen and oxygen atoms in total. The molecule has 0 saturated carbocycles. The van der Waals surface area contributed by atoms with E-state index in [9.17, 15) is 14.4 Å². The number of fused-ring (bicyclic) bond motifs is 6. The van der Waals surface area contributed by atoms with Crippen LogP contribution in [0.3, 0.4) is 0 Å². The summed E-state index contributed by atoms with van der Waals surface area (Å²) in [5.74, 6) is -0.875. The molecule has 0 radical (unpaired) electrons. The highest BCUT2D eigenvalue weighted by Gasteiger charge is 2.71. The molecule has 4 atom stereocenters. The highest BCUT2D eigenvalue weighted by atomic mass is 16.2. The minimum Gasteiger partial charge on any atom is -0.352 e. The summed E-state index contributed by atoms with van der Waals surface area (Å²) in [5.41, 5.74) is 5.24. The lowest BCUT2D eigenvalue weighted by atomic mass is 9.63. The van der Waals surface area contributed by atoms with Crippen LogP contribution in [0.4, 0.5) is 11.4 Å². The molecule has 5 heteroatoms. The number of benzene rings is 3. The molecule has 6 rings (SSSR count). The van der Waals surface area contributed by atoms with Crippen LogP contribution in [0.5, 0.6) is 0 Å². The van der Waals surface area contributed by atoms with E-state index in [1.54, 1.807) is 0 Å². The number of nitrogens with zero attached hydrogens (tertiary/aromatic N) is 1. The third kappa shape index (κ3) is 4.08. The maximum Gasteiger partial charge on any atom is 0.238 e. The van der Waals surface area contributed by atoms with Gasteiger partial charge in [-0.15, -0.1) is 0 Å². The van der Waals surface area contributed by atoms with Crippen LogP contribution in [-0.2, 0) is 21.4 Å². The molecule has 1 N–H and O–H groups in total. The molecule has 3 heterocycles. The van der Waals surface area contributed by atoms with E-state index in [1.807, 2.05) is 75.4 Å². The summed E-state index contributed by atoms with van der Waals surface area (Å²) in [6.45, 7) is 14.2. The minimum absolute atomic E-state index is 0.0455. The van der Waals surface area contributed by atoms with E-state index >= 15 is 0 Å². The number of amides is 1. The van der Waals surface area contributed by atoms with Crippen molar-refractivity contribution < 1.29 is 14.4 Å². The largest absolute Gasteiger partial charge is 0.352 e. The van der Waals surface area contributed by atoms with E-state index in [0.717, 1.165) is 39.9 Å². The van der Waals surface area contributed by atoms with Crippen molar-refractivity contribution in [3.8, 4) is 0 Å². The molecule has 3 aliphatic heterocycles. The highest BCUT2D eigenvalue weighted by molar-refractivity contribution is 6.17. The molecule has 3 aliphatic rings. The van der Waals surface area contributed by atoms with Crippen LogP contribution in [0.1, 0.15) is 74.2 Å². The molecule has 1 fully saturated rings. The number of anilines is 2. The van der Waals surface area contributed by atoms with E-state index in [1.165, 1.54) is 0 Å². The van der Waals surface area contributed by atoms with Crippen molar-refractivity contribution in [1.82, 2.24) is 0 Å². The normalized spacial score (nSPS) is 24.3. The van der Waals surface area contributed by atoms with Crippen LogP contribution < -0.4 is 10.2 Å². The zero-order valence-electron chi connectivity index (χ0n) is 25.6. The number of para-hydroxylation sites is 1. The molecule has 3 aromatic rings. The van der Waals surface area contributed by atoms with Crippen molar-refractivity contribution in [3.63, 3.8) is 0 Å². The van der Waals surface area contributed by atoms with E-state index in [0.29, 0.717) is 17.2 Å². The number of carbonyl (C=O) groups excluding carboxylic acids is 3. The fourth-order valence-corrected chi connectivity index (χ4v) is 7.45. The first-order valence-corrected chi connectivity index (χ1v) is 15.0. The van der Waals surface area contributed by atoms with Crippen molar-refractivity contribution in [2.75, 3.05) is 10.2 Å². The third-order valence-corrected chi connectivity index (χ3v) is 9.30. The molecule has 3 aromatic carbocycles. The van der Waals surface area contributed by atoms with Gasteiger partial charge in [0.2, 0.25) is 5.91 Å². The zero-order valence-corrected chi connectivity index (χ0v) is 25.6. The second-order valence-corrected chi connectivity index (χ2v) is 13.8. The van der Waals surface area contributed by atoms with Gasteiger partial charge in [0.05, 0.1) is 12.0 Å². The lowest BCUT2D eigenvalue weighted by Crippen LogP contribution is -2.51. The maximum atomic E-state index is 15.0. The maximum absolute atomic E-state index is 15.0. The topological polar surface area (TPSA) is 66.5 Å². The summed E-state index contributed by atoms with van der Waals surface area (Å²) < 4.78 is 0. The van der Waals surface area contributed by atoms with Crippen LogP contribution >= 0.6 is 0 Å². The number of nitrogens with one attached hydrogen (secondary N) is 1. The van der Waals surface area contributed by atoms with Gasteiger partial charge in [0.15, 0.2) is 11.6 Å². The zero-order chi connectivity index (χ0) is 30.1. The molecule has 1 spiro atoms. The number of allylic oxidation sites excluding steroid dienone is 1. The smallest absolute Gasteiger partial charge is 0.238 e. The Morgan fingerprint density at radius 2 is 1.67 bits per heavy atom. The van der Waals surface area contributed by atoms with Gasteiger partial charge in [-0.1, -0.05) is 94.8 Å². The Labute approximate surface area is 249 Å². The summed E-state index contributed by atoms with van der Waals surface area (Å²) in [6.07, 6.45) is 3.03. The number of hydrogen-bond donors (Lipinski definition) is 1. The summed E-state index contributed by atoms with van der Waals surface area (Å²) in [5, 5.41) is 3.12. The second-order valence-electron chi connectivity index (χ2n) is 13.8. The number of hydrogen-bond acceptors (Lipinski definition) is 4. The fourth-order valence-electron chi connectivity index (χ4n) is 7.45. The molecule has 1 amide bonds. The van der Waals surface area contributed by atoms with Crippen LogP contribution in [-0.4, -0.2) is 29.6 Å². The Hall–Kier alpha value is -3.99. The summed E-state index contributed by atoms with van der Waals surface area (Å²) in [4.78, 5) is 46.2. The predicted octanol–water partition coefficient (Wildman–Crippen LogP) is 7.17. The molecule has 0 unspecified atom stereocenters. The summed E-state index contributed by atoms with van der Waals surface area (Å²) in [7, 11) is 0. The Balaban J connectivity index is 1.64. The van der Waals surface area contributed by atoms with Crippen LogP contribution in [0.25, 0.3) is 5.57 Å². The van der Waals surface area contributed by atoms with Crippen molar-refractivity contribution >= 4 is 34.4 Å². The van der Waals surface area contributed by atoms with Crippen molar-refractivity contribution in [2.45, 2.75) is 72.4 Å². The highest BCUT2D eigenvalue weighted by Crippen LogP contribution is 2.59. The Bertz CT molecular complexity index is 1640. The van der Waals surface area contributed by atoms with Gasteiger partial charge in [0.25, 0.3) is 0 Å². The number of ketones is 2. The summed E-state index contributed by atoms with van der Waals surface area (Å²) >= 11 is 0. The molecule has 216 valence electrons. The third-order valence-electron chi connectivity index (χ3n) is 9.30. The van der Waals surface area contributed by atoms with Crippen LogP contribution in [0.15, 0.2) is 72.8 Å². The van der Waals surface area contributed by atoms with Gasteiger partial charge in [0, 0.05) is 27.9 Å². The molecule has 0 aromatic heterocycles. The monoisotopic (exact) mass is 560 g/mol. The van der Waals surface area contributed by atoms with Crippen molar-refractivity contribution in [1.29, 1.82) is 0 Å². The van der Waals surface area contributed by atoms with Gasteiger partial charge in [-0.05, 0) is 61.1 Å². The average Bonchev–Trinajstić information content (AvgIpc) is 3.40. The standard InChI is InChI=1S/C37H40N2O3/c1-21(2)18-24-13-15-25(16-14-24)33(40)31-32(34(41)36(5,6)7)39-29-17-12-22(3)19-26(29)23(4)20-30(39)37(31)27-10-8-9-11-28(27)38-35(37)42/h8-17,19-21,30-32H,18H2,1-7H3,(H,38,42)/t30-,31-,32-,37-/m0/s1. The van der Waals surface area contributed by atoms with Gasteiger partial charge in [-0.2, -0.15) is 0 Å². The van der Waals surface area contributed by atoms with Gasteiger partial charge in [-0.3, -0.25) is 14.4 Å². The molecule has 1 saturated heterocycles. The van der Waals surface area contributed by atoms with Crippen LogP contribution in [0.2, 0.25) is 0 Å². The fraction of sp³-hybridized carbons (Fsp3) is 0.378. The SMILES string of the molecule is CC1=C[C@@H]2N(c3ccc(C)cc31)[C@H](C(=O)C(C)(C)C)[C@@H](C(=O)c1ccc(CC(C)C)cc1)[C@@]21C(=O)Nc2ccccc21. The Kier molecular flexibility index (Phi) is 6.56. The number of rotatable bonds is 5. The van der Waals surface area contributed by atoms with Crippen molar-refractivity contribution in [2.24, 2.45) is 17.3 Å². The summed E-state index contributed by atoms with van der Waals surface area (Å²) in [6, 6.07) is 20.3. The molecule has 0 aliphatic carbocycles. The molecular formula is C37H40N2O3. The Morgan fingerprint density at radius 3 is 2.33 bits per heavy atom. The number of carbonyl (C=O) groups is 3. The lowest BCUT2D eigenvalue weighted by molar-refractivity contribution is -0.128. The van der Waals surface area contributed by atoms with E-state index < -0.39 is 28.8 Å². The number of Topliss-reactive ketones (excluding diaryl/α,β-unsaturated/α-hetero) is 2. The molecule has 42 heavy (non-hydrogen) atoms. The van der Waals surface area contributed by atoms with Gasteiger partial charge in [-0.25, -0.2) is 0 Å². The first-order valence-electron chi connectivity index (χ1n) is 15.0. The lowest BCUT2D eigenvalue weighted by Gasteiger charge is -2.40. The minimum atomic E-state index is -1.28. The van der Waals surface area contributed by atoms with E-state index in [-0.39, 0.29) is 17.5 Å². The molecular weight excluding hydrogens is 520 g/mol. The Morgan fingerprint density at radius 1 is 0.976 bits per heavy atom. The van der Waals surface area contributed by atoms with Gasteiger partial charge in [0.1, 0.15) is 11.5 Å². The average molecular weight is 561 g/mol. The van der Waals surface area contributed by atoms with Crippen molar-refractivity contribution in [3.05, 3.63) is 101 Å². The number of aryl methyl sites for hydroxylation is 1. The quantitative estimate of drug-likeness (QED) is 0.336. The van der Waals surface area contributed by atoms with E-state index in [4.69, 9.17) is 0 Å². The predicted molar refractivity (Wildman–Crippen MR) is 169 cm³/mol. The van der Waals surface area contributed by atoms with Gasteiger partial charge < -0.3 is 10.2 Å².